The highest BCUT2D eigenvalue weighted by Gasteiger charge is 2.26. The van der Waals surface area contributed by atoms with Crippen molar-refractivity contribution in [1.82, 2.24) is 4.98 Å². The summed E-state index contributed by atoms with van der Waals surface area (Å²) >= 11 is 0. The number of benzene rings is 1. The van der Waals surface area contributed by atoms with E-state index >= 15 is 0 Å². The first-order valence-corrected chi connectivity index (χ1v) is 5.18. The van der Waals surface area contributed by atoms with Crippen molar-refractivity contribution < 1.29 is 14.6 Å². The van der Waals surface area contributed by atoms with Gasteiger partial charge in [0.05, 0.1) is 0 Å². The van der Waals surface area contributed by atoms with Gasteiger partial charge >= 0.3 is 0 Å². The molecule has 1 aromatic carbocycles. The molecule has 0 amide bonds. The highest BCUT2D eigenvalue weighted by atomic mass is 19.1. The van der Waals surface area contributed by atoms with Crippen LogP contribution in [0.2, 0.25) is 0 Å². The highest BCUT2D eigenvalue weighted by molar-refractivity contribution is 5.23. The molecule has 0 fully saturated rings. The van der Waals surface area contributed by atoms with Crippen molar-refractivity contribution in [2.45, 2.75) is 12.2 Å². The molecule has 0 aliphatic heterocycles. The zero-order chi connectivity index (χ0) is 12.3. The van der Waals surface area contributed by atoms with Crippen LogP contribution >= 0.6 is 0 Å². The van der Waals surface area contributed by atoms with Crippen molar-refractivity contribution in [2.75, 3.05) is 0 Å². The quantitative estimate of drug-likeness (QED) is 0.792. The molecule has 0 saturated carbocycles. The summed E-state index contributed by atoms with van der Waals surface area (Å²) < 4.78 is 12.7. The molecular formula is C13H12FNO2. The first-order chi connectivity index (χ1) is 8.08. The monoisotopic (exact) mass is 233 g/mol. The van der Waals surface area contributed by atoms with E-state index in [2.05, 4.69) is 4.98 Å². The van der Waals surface area contributed by atoms with Gasteiger partial charge in [0, 0.05) is 24.4 Å². The van der Waals surface area contributed by atoms with Crippen LogP contribution < -0.4 is 0 Å². The van der Waals surface area contributed by atoms with Gasteiger partial charge in [0.1, 0.15) is 5.82 Å². The van der Waals surface area contributed by atoms with Gasteiger partial charge in [0.2, 0.25) is 0 Å². The zero-order valence-electron chi connectivity index (χ0n) is 9.05. The van der Waals surface area contributed by atoms with E-state index in [1.54, 1.807) is 24.5 Å². The van der Waals surface area contributed by atoms with Gasteiger partial charge in [-0.2, -0.15) is 0 Å². The van der Waals surface area contributed by atoms with Crippen LogP contribution in [0, 0.1) is 5.82 Å². The van der Waals surface area contributed by atoms with Crippen LogP contribution in [0.4, 0.5) is 4.39 Å². The maximum absolute atomic E-state index is 12.7. The molecule has 3 nitrogen and oxygen atoms in total. The van der Waals surface area contributed by atoms with Gasteiger partial charge in [-0.3, -0.25) is 4.98 Å². The van der Waals surface area contributed by atoms with Crippen molar-refractivity contribution in [3.63, 3.8) is 0 Å². The lowest BCUT2D eigenvalue weighted by molar-refractivity contribution is -0.168. The summed E-state index contributed by atoms with van der Waals surface area (Å²) in [6.45, 7) is 0. The lowest BCUT2D eigenvalue weighted by atomic mass is 9.98. The number of aromatic nitrogens is 1. The molecule has 2 N–H and O–H groups in total. The number of nitrogens with zero attached hydrogens (tertiary/aromatic N) is 1. The molecule has 2 rings (SSSR count). The lowest BCUT2D eigenvalue weighted by Crippen LogP contribution is -2.27. The van der Waals surface area contributed by atoms with Gasteiger partial charge in [-0.1, -0.05) is 12.1 Å². The predicted molar refractivity (Wildman–Crippen MR) is 60.5 cm³/mol. The summed E-state index contributed by atoms with van der Waals surface area (Å²) in [5, 5.41) is 19.9. The maximum atomic E-state index is 12.7. The molecule has 0 saturated heterocycles. The maximum Gasteiger partial charge on any atom is 0.193 e. The number of hydrogen-bond acceptors (Lipinski definition) is 3. The topological polar surface area (TPSA) is 53.4 Å². The Balaban J connectivity index is 2.21. The third-order valence-electron chi connectivity index (χ3n) is 2.51. The minimum absolute atomic E-state index is 0.0289. The van der Waals surface area contributed by atoms with Crippen LogP contribution in [0.25, 0.3) is 0 Å². The standard InChI is InChI=1S/C13H12FNO2/c14-12-3-1-11(2-4-12)13(16,17)9-10-5-7-15-8-6-10/h1-8,16-17H,9H2. The first-order valence-electron chi connectivity index (χ1n) is 5.18. The Kier molecular flexibility index (Phi) is 3.17. The predicted octanol–water partition coefficient (Wildman–Crippen LogP) is 1.60. The van der Waals surface area contributed by atoms with Crippen LogP contribution in [-0.4, -0.2) is 15.2 Å². The summed E-state index contributed by atoms with van der Waals surface area (Å²) in [5.74, 6) is -2.41. The molecule has 17 heavy (non-hydrogen) atoms. The lowest BCUT2D eigenvalue weighted by Gasteiger charge is -2.22. The molecule has 88 valence electrons. The van der Waals surface area contributed by atoms with Gasteiger partial charge in [-0.05, 0) is 29.8 Å². The van der Waals surface area contributed by atoms with Gasteiger partial charge in [-0.25, -0.2) is 4.39 Å². The summed E-state index contributed by atoms with van der Waals surface area (Å²) in [6.07, 6.45) is 3.19. The van der Waals surface area contributed by atoms with Crippen LogP contribution in [0.3, 0.4) is 0 Å². The number of halogens is 1. The summed E-state index contributed by atoms with van der Waals surface area (Å²) in [5.41, 5.74) is 1.00. The van der Waals surface area contributed by atoms with E-state index in [9.17, 15) is 14.6 Å². The summed E-state index contributed by atoms with van der Waals surface area (Å²) in [4.78, 5) is 3.85. The van der Waals surface area contributed by atoms with Crippen LogP contribution in [0.15, 0.2) is 48.8 Å². The minimum atomic E-state index is -2.00. The van der Waals surface area contributed by atoms with Crippen LogP contribution in [0.5, 0.6) is 0 Å². The second-order valence-electron chi connectivity index (χ2n) is 3.86. The zero-order valence-corrected chi connectivity index (χ0v) is 9.05. The van der Waals surface area contributed by atoms with Crippen molar-refractivity contribution in [1.29, 1.82) is 0 Å². The van der Waals surface area contributed by atoms with Crippen LogP contribution in [0.1, 0.15) is 11.1 Å². The van der Waals surface area contributed by atoms with Gasteiger partial charge < -0.3 is 10.2 Å². The van der Waals surface area contributed by atoms with Crippen molar-refractivity contribution >= 4 is 0 Å². The normalized spacial score (nSPS) is 11.5. The fraction of sp³-hybridized carbons (Fsp3) is 0.154. The molecule has 0 radical (unpaired) electrons. The van der Waals surface area contributed by atoms with Crippen molar-refractivity contribution in [3.05, 3.63) is 65.7 Å². The number of aliphatic hydroxyl groups is 2. The highest BCUT2D eigenvalue weighted by Crippen LogP contribution is 2.22. The first kappa shape index (κ1) is 11.7. The summed E-state index contributed by atoms with van der Waals surface area (Å²) in [7, 11) is 0. The Morgan fingerprint density at radius 1 is 1.00 bits per heavy atom. The minimum Gasteiger partial charge on any atom is -0.362 e. The molecule has 0 unspecified atom stereocenters. The van der Waals surface area contributed by atoms with Gasteiger partial charge in [0.25, 0.3) is 0 Å². The SMILES string of the molecule is OC(O)(Cc1ccncc1)c1ccc(F)cc1. The smallest absolute Gasteiger partial charge is 0.193 e. The van der Waals surface area contributed by atoms with E-state index in [0.29, 0.717) is 0 Å². The van der Waals surface area contributed by atoms with E-state index in [1.165, 1.54) is 24.3 Å². The molecule has 0 atom stereocenters. The molecule has 4 heteroatoms. The van der Waals surface area contributed by atoms with Crippen molar-refractivity contribution in [3.8, 4) is 0 Å². The van der Waals surface area contributed by atoms with Crippen molar-refractivity contribution in [2.24, 2.45) is 0 Å². The molecule has 0 bridgehead atoms. The Morgan fingerprint density at radius 3 is 2.18 bits per heavy atom. The second-order valence-corrected chi connectivity index (χ2v) is 3.86. The average Bonchev–Trinajstić information content (AvgIpc) is 2.30. The second kappa shape index (κ2) is 4.61. The van der Waals surface area contributed by atoms with E-state index in [0.717, 1.165) is 5.56 Å². The Hall–Kier alpha value is -1.78. The fourth-order valence-electron chi connectivity index (χ4n) is 1.60. The molecule has 1 heterocycles. The van der Waals surface area contributed by atoms with Crippen LogP contribution in [-0.2, 0) is 12.2 Å². The Bertz CT molecular complexity index is 483. The summed E-state index contributed by atoms with van der Waals surface area (Å²) in [6, 6.07) is 8.51. The molecule has 1 aromatic heterocycles. The molecule has 0 aliphatic rings. The fourth-order valence-corrected chi connectivity index (χ4v) is 1.60. The number of rotatable bonds is 3. The number of pyridine rings is 1. The van der Waals surface area contributed by atoms with E-state index < -0.39 is 11.6 Å². The molecule has 2 aromatic rings. The molecular weight excluding hydrogens is 221 g/mol. The third-order valence-corrected chi connectivity index (χ3v) is 2.51. The Morgan fingerprint density at radius 2 is 1.59 bits per heavy atom. The Labute approximate surface area is 98.2 Å². The van der Waals surface area contributed by atoms with E-state index in [4.69, 9.17) is 0 Å². The number of hydrogen-bond donors (Lipinski definition) is 2. The largest absolute Gasteiger partial charge is 0.362 e. The van der Waals surface area contributed by atoms with E-state index in [1.807, 2.05) is 0 Å². The average molecular weight is 233 g/mol. The van der Waals surface area contributed by atoms with Gasteiger partial charge in [0.15, 0.2) is 5.79 Å². The van der Waals surface area contributed by atoms with E-state index in [-0.39, 0.29) is 12.0 Å². The third kappa shape index (κ3) is 2.87. The van der Waals surface area contributed by atoms with Gasteiger partial charge in [-0.15, -0.1) is 0 Å². The molecule has 0 spiro atoms. The molecule has 0 aliphatic carbocycles.